The molecule has 1 heterocycles. The first kappa shape index (κ1) is 18.1. The van der Waals surface area contributed by atoms with E-state index < -0.39 is 10.0 Å². The first-order valence-electron chi connectivity index (χ1n) is 8.84. The minimum atomic E-state index is -3.50. The smallest absolute Gasteiger partial charge is 0.235 e. The van der Waals surface area contributed by atoms with Crippen LogP contribution in [0.2, 0.25) is 0 Å². The van der Waals surface area contributed by atoms with E-state index in [9.17, 15) is 13.5 Å². The lowest BCUT2D eigenvalue weighted by atomic mass is 10.0. The van der Waals surface area contributed by atoms with Gasteiger partial charge >= 0.3 is 0 Å². The molecule has 3 aromatic rings. The van der Waals surface area contributed by atoms with E-state index in [4.69, 9.17) is 0 Å². The molecule has 1 aliphatic carbocycles. The molecule has 7 nitrogen and oxygen atoms in total. The minimum absolute atomic E-state index is 0.0904. The largest absolute Gasteiger partial charge is 0.506 e. The summed E-state index contributed by atoms with van der Waals surface area (Å²) >= 11 is 1.20. The Morgan fingerprint density at radius 3 is 2.59 bits per heavy atom. The summed E-state index contributed by atoms with van der Waals surface area (Å²) in [6, 6.07) is 8.86. The zero-order chi connectivity index (χ0) is 18.9. The molecule has 1 saturated carbocycles. The zero-order valence-electron chi connectivity index (χ0n) is 14.6. The molecule has 0 atom stereocenters. The van der Waals surface area contributed by atoms with Gasteiger partial charge in [0.25, 0.3) is 0 Å². The van der Waals surface area contributed by atoms with Crippen LogP contribution < -0.4 is 4.72 Å². The zero-order valence-corrected chi connectivity index (χ0v) is 16.2. The Morgan fingerprint density at radius 1 is 1.15 bits per heavy atom. The van der Waals surface area contributed by atoms with Crippen LogP contribution in [-0.4, -0.2) is 34.0 Å². The average molecular weight is 405 g/mol. The second-order valence-electron chi connectivity index (χ2n) is 6.62. The minimum Gasteiger partial charge on any atom is -0.506 e. The first-order chi connectivity index (χ1) is 13.0. The van der Waals surface area contributed by atoms with E-state index in [1.807, 2.05) is 12.1 Å². The van der Waals surface area contributed by atoms with Crippen molar-refractivity contribution in [2.45, 2.75) is 47.4 Å². The Labute approximate surface area is 161 Å². The van der Waals surface area contributed by atoms with Gasteiger partial charge in [0, 0.05) is 10.8 Å². The van der Waals surface area contributed by atoms with Crippen LogP contribution in [0.15, 0.2) is 46.7 Å². The molecule has 0 aliphatic heterocycles. The highest BCUT2D eigenvalue weighted by Crippen LogP contribution is 2.42. The lowest BCUT2D eigenvalue weighted by molar-refractivity contribution is 0.469. The van der Waals surface area contributed by atoms with Gasteiger partial charge in [-0.25, -0.2) is 13.4 Å². The van der Waals surface area contributed by atoms with E-state index in [0.717, 1.165) is 19.3 Å². The van der Waals surface area contributed by atoms with Crippen molar-refractivity contribution in [2.75, 3.05) is 4.72 Å². The Balaban J connectivity index is 1.75. The second kappa shape index (κ2) is 7.40. The van der Waals surface area contributed by atoms with Crippen molar-refractivity contribution in [3.8, 4) is 5.75 Å². The van der Waals surface area contributed by atoms with E-state index in [1.54, 1.807) is 18.2 Å². The summed E-state index contributed by atoms with van der Waals surface area (Å²) in [7, 11) is -3.50. The maximum Gasteiger partial charge on any atom is 0.235 e. The fraction of sp³-hybridized carbons (Fsp3) is 0.333. The van der Waals surface area contributed by atoms with Crippen LogP contribution in [0.1, 0.15) is 32.1 Å². The van der Waals surface area contributed by atoms with Crippen LogP contribution in [0.3, 0.4) is 0 Å². The van der Waals surface area contributed by atoms with E-state index in [2.05, 4.69) is 19.9 Å². The number of phenols is 1. The second-order valence-corrected chi connectivity index (χ2v) is 9.61. The van der Waals surface area contributed by atoms with Crippen molar-refractivity contribution in [3.05, 3.63) is 36.7 Å². The molecule has 0 spiro atoms. The lowest BCUT2D eigenvalue weighted by Crippen LogP contribution is -2.29. The van der Waals surface area contributed by atoms with Gasteiger partial charge in [0.05, 0.1) is 15.8 Å². The monoisotopic (exact) mass is 404 g/mol. The van der Waals surface area contributed by atoms with Gasteiger partial charge in [0.1, 0.15) is 12.1 Å². The summed E-state index contributed by atoms with van der Waals surface area (Å²) in [6.07, 6.45) is 5.72. The number of benzene rings is 2. The molecule has 142 valence electrons. The van der Waals surface area contributed by atoms with Gasteiger partial charge in [-0.1, -0.05) is 43.5 Å². The van der Waals surface area contributed by atoms with Crippen molar-refractivity contribution in [3.63, 3.8) is 0 Å². The summed E-state index contributed by atoms with van der Waals surface area (Å²) in [5.74, 6) is 0.0904. The van der Waals surface area contributed by atoms with Gasteiger partial charge in [-0.2, -0.15) is 5.10 Å². The molecule has 4 rings (SSSR count). The highest BCUT2D eigenvalue weighted by molar-refractivity contribution is 7.99. The number of rotatable bonds is 5. The van der Waals surface area contributed by atoms with Gasteiger partial charge in [0.15, 0.2) is 5.16 Å². The summed E-state index contributed by atoms with van der Waals surface area (Å²) in [4.78, 5) is 4.56. The highest BCUT2D eigenvalue weighted by Gasteiger charge is 2.28. The molecule has 1 aromatic heterocycles. The SMILES string of the molecule is O=S(=O)(Nc1cc(Sc2ncn[nH]2)c(O)c2ccccc12)C1CCCCC1. The van der Waals surface area contributed by atoms with E-state index in [1.165, 1.54) is 18.1 Å². The van der Waals surface area contributed by atoms with Gasteiger partial charge in [-0.3, -0.25) is 9.82 Å². The number of phenolic OH excluding ortho intramolecular Hbond substituents is 1. The number of anilines is 1. The molecule has 3 N–H and O–H groups in total. The predicted molar refractivity (Wildman–Crippen MR) is 106 cm³/mol. The summed E-state index contributed by atoms with van der Waals surface area (Å²) in [5.41, 5.74) is 0.469. The summed E-state index contributed by atoms with van der Waals surface area (Å²) in [6.45, 7) is 0. The molecule has 9 heteroatoms. The van der Waals surface area contributed by atoms with Crippen LogP contribution >= 0.6 is 11.8 Å². The van der Waals surface area contributed by atoms with Crippen LogP contribution in [-0.2, 0) is 10.0 Å². The highest BCUT2D eigenvalue weighted by atomic mass is 32.2. The number of aromatic nitrogens is 3. The van der Waals surface area contributed by atoms with E-state index in [-0.39, 0.29) is 11.0 Å². The number of hydrogen-bond donors (Lipinski definition) is 3. The number of fused-ring (bicyclic) bond motifs is 1. The van der Waals surface area contributed by atoms with Crippen molar-refractivity contribution in [2.24, 2.45) is 0 Å². The summed E-state index contributed by atoms with van der Waals surface area (Å²) in [5, 5.41) is 18.6. The third kappa shape index (κ3) is 3.74. The molecule has 0 saturated heterocycles. The van der Waals surface area contributed by atoms with Gasteiger partial charge in [0.2, 0.25) is 10.0 Å². The molecule has 0 amide bonds. The fourth-order valence-corrected chi connectivity index (χ4v) is 5.84. The van der Waals surface area contributed by atoms with Gasteiger partial charge < -0.3 is 5.11 Å². The van der Waals surface area contributed by atoms with Crippen molar-refractivity contribution < 1.29 is 13.5 Å². The van der Waals surface area contributed by atoms with Gasteiger partial charge in [-0.05, 0) is 30.7 Å². The number of aromatic hydroxyl groups is 1. The molecule has 0 radical (unpaired) electrons. The topological polar surface area (TPSA) is 108 Å². The fourth-order valence-electron chi connectivity index (χ4n) is 3.46. The lowest BCUT2D eigenvalue weighted by Gasteiger charge is -2.23. The third-order valence-corrected chi connectivity index (χ3v) is 7.60. The molecular formula is C18H20N4O3S2. The molecule has 27 heavy (non-hydrogen) atoms. The number of sulfonamides is 1. The van der Waals surface area contributed by atoms with Crippen molar-refractivity contribution in [1.29, 1.82) is 0 Å². The standard InChI is InChI=1S/C18H20N4O3S2/c23-17-14-9-5-4-8-13(14)15(10-16(17)26-18-19-11-20-21-18)22-27(24,25)12-6-2-1-3-7-12/h4-5,8-12,22-23H,1-3,6-7H2,(H,19,20,21). The van der Waals surface area contributed by atoms with Crippen LogP contribution in [0.5, 0.6) is 5.75 Å². The maximum atomic E-state index is 12.9. The normalized spacial score (nSPS) is 15.9. The number of nitrogens with one attached hydrogen (secondary N) is 2. The quantitative estimate of drug-likeness (QED) is 0.557. The third-order valence-electron chi connectivity index (χ3n) is 4.82. The van der Waals surface area contributed by atoms with Crippen LogP contribution in [0, 0.1) is 0 Å². The first-order valence-corrected chi connectivity index (χ1v) is 11.2. The Morgan fingerprint density at radius 2 is 1.89 bits per heavy atom. The number of nitrogens with zero attached hydrogens (tertiary/aromatic N) is 2. The average Bonchev–Trinajstić information content (AvgIpc) is 3.19. The number of aromatic amines is 1. The molecule has 2 aromatic carbocycles. The van der Waals surface area contributed by atoms with Crippen LogP contribution in [0.4, 0.5) is 5.69 Å². The Bertz CT molecular complexity index is 1050. The Kier molecular flexibility index (Phi) is 4.96. The maximum absolute atomic E-state index is 12.9. The number of hydrogen-bond acceptors (Lipinski definition) is 6. The Hall–Kier alpha value is -2.26. The summed E-state index contributed by atoms with van der Waals surface area (Å²) < 4.78 is 28.6. The molecule has 1 fully saturated rings. The molecule has 0 unspecified atom stereocenters. The number of H-pyrrole nitrogens is 1. The van der Waals surface area contributed by atoms with Crippen molar-refractivity contribution >= 4 is 38.2 Å². The van der Waals surface area contributed by atoms with Gasteiger partial charge in [-0.15, -0.1) is 0 Å². The molecular weight excluding hydrogens is 384 g/mol. The molecule has 1 aliphatic rings. The van der Waals surface area contributed by atoms with Crippen molar-refractivity contribution in [1.82, 2.24) is 15.2 Å². The predicted octanol–water partition coefficient (Wildman–Crippen LogP) is 3.89. The molecule has 0 bridgehead atoms. The van der Waals surface area contributed by atoms with Crippen LogP contribution in [0.25, 0.3) is 10.8 Å². The van der Waals surface area contributed by atoms with E-state index in [0.29, 0.717) is 39.4 Å². The van der Waals surface area contributed by atoms with E-state index >= 15 is 0 Å².